The Hall–Kier alpha value is -1.89. The van der Waals surface area contributed by atoms with Crippen LogP contribution in [0.1, 0.15) is 19.8 Å². The van der Waals surface area contributed by atoms with Gasteiger partial charge in [0, 0.05) is 13.0 Å². The molecule has 1 unspecified atom stereocenters. The summed E-state index contributed by atoms with van der Waals surface area (Å²) in [7, 11) is -6.04. The smallest absolute Gasteiger partial charge is 0.418 e. The van der Waals surface area contributed by atoms with Crippen LogP contribution in [-0.2, 0) is 19.6 Å². The molecule has 1 rings (SSSR count). The Balaban J connectivity index is 2.64. The molecule has 1 fully saturated rings. The van der Waals surface area contributed by atoms with Gasteiger partial charge in [-0.3, -0.25) is 14.2 Å². The zero-order valence-corrected chi connectivity index (χ0v) is 13.3. The maximum atomic E-state index is 13.2. The number of halogens is 3. The normalized spacial score (nSPS) is 17.1. The number of hydrogen-bond acceptors (Lipinski definition) is 6. The number of urea groups is 1. The van der Waals surface area contributed by atoms with Gasteiger partial charge in [-0.15, -0.1) is 0 Å². The van der Waals surface area contributed by atoms with E-state index in [-0.39, 0.29) is 19.5 Å². The van der Waals surface area contributed by atoms with Crippen molar-refractivity contribution in [2.45, 2.75) is 31.2 Å². The molecule has 0 aliphatic carbocycles. The summed E-state index contributed by atoms with van der Waals surface area (Å²) in [6, 6.07) is -1.05. The Kier molecular flexibility index (Phi) is 6.16. The van der Waals surface area contributed by atoms with Gasteiger partial charge in [0.15, 0.2) is 0 Å². The molecule has 1 aliphatic rings. The number of rotatable bonds is 6. The van der Waals surface area contributed by atoms with Gasteiger partial charge in [0.2, 0.25) is 12.1 Å². The number of imide groups is 2. The van der Waals surface area contributed by atoms with Gasteiger partial charge in [-0.05, 0) is 6.42 Å². The van der Waals surface area contributed by atoms with Crippen molar-refractivity contribution in [3.05, 3.63) is 0 Å². The fraction of sp³-hybridized carbons (Fsp3) is 0.727. The van der Waals surface area contributed by atoms with Crippen LogP contribution in [0.3, 0.4) is 0 Å². The number of carbonyl (C=O) groups excluding carboxylic acids is 3. The van der Waals surface area contributed by atoms with Crippen molar-refractivity contribution in [2.24, 2.45) is 0 Å². The molecule has 1 saturated heterocycles. The molecular weight excluding hydrogens is 361 g/mol. The standard InChI is InChI=1S/C11H15F3N2O7S/c1-2-3-8(17)15-4-5-16(9(15)18)10(19)23-6-7(12)11(13,14)24(20,21)22/h7H,2-6H2,1H3,(H,20,21,22). The second-order valence-corrected chi connectivity index (χ2v) is 6.31. The summed E-state index contributed by atoms with van der Waals surface area (Å²) in [6.45, 7) is -0.425. The predicted octanol–water partition coefficient (Wildman–Crippen LogP) is 1.01. The number of alkyl halides is 3. The number of carbonyl (C=O) groups is 3. The van der Waals surface area contributed by atoms with E-state index >= 15 is 0 Å². The molecule has 0 aromatic rings. The highest BCUT2D eigenvalue weighted by atomic mass is 32.2. The van der Waals surface area contributed by atoms with E-state index in [4.69, 9.17) is 4.55 Å². The molecule has 4 amide bonds. The first-order valence-corrected chi connectivity index (χ1v) is 8.15. The van der Waals surface area contributed by atoms with Gasteiger partial charge in [-0.25, -0.2) is 18.9 Å². The third kappa shape index (κ3) is 4.14. The molecule has 0 aromatic heterocycles. The van der Waals surface area contributed by atoms with E-state index in [1.54, 1.807) is 6.92 Å². The van der Waals surface area contributed by atoms with Crippen molar-refractivity contribution in [3.63, 3.8) is 0 Å². The predicted molar refractivity (Wildman–Crippen MR) is 71.5 cm³/mol. The van der Waals surface area contributed by atoms with Crippen LogP contribution < -0.4 is 0 Å². The molecule has 24 heavy (non-hydrogen) atoms. The van der Waals surface area contributed by atoms with Gasteiger partial charge in [0.05, 0.1) is 6.54 Å². The minimum absolute atomic E-state index is 0.0573. The zero-order valence-electron chi connectivity index (χ0n) is 12.4. The second-order valence-electron chi connectivity index (χ2n) is 4.81. The van der Waals surface area contributed by atoms with E-state index in [2.05, 4.69) is 4.74 Å². The van der Waals surface area contributed by atoms with E-state index in [0.717, 1.165) is 4.90 Å². The molecule has 9 nitrogen and oxygen atoms in total. The van der Waals surface area contributed by atoms with Crippen molar-refractivity contribution in [1.29, 1.82) is 0 Å². The molecule has 1 aliphatic heterocycles. The summed E-state index contributed by atoms with van der Waals surface area (Å²) in [5.41, 5.74) is 0. The minimum atomic E-state index is -6.04. The Morgan fingerprint density at radius 1 is 1.33 bits per heavy atom. The van der Waals surface area contributed by atoms with Gasteiger partial charge in [-0.1, -0.05) is 6.92 Å². The summed E-state index contributed by atoms with van der Waals surface area (Å²) in [5.74, 6) is -0.543. The lowest BCUT2D eigenvalue weighted by molar-refractivity contribution is -0.127. The number of ether oxygens (including phenoxy) is 1. The van der Waals surface area contributed by atoms with Gasteiger partial charge in [-0.2, -0.15) is 17.2 Å². The first-order chi connectivity index (χ1) is 10.9. The lowest BCUT2D eigenvalue weighted by Crippen LogP contribution is -2.43. The van der Waals surface area contributed by atoms with Crippen LogP contribution in [0.5, 0.6) is 0 Å². The van der Waals surface area contributed by atoms with Crippen LogP contribution in [0.4, 0.5) is 22.8 Å². The first-order valence-electron chi connectivity index (χ1n) is 6.71. The topological polar surface area (TPSA) is 121 Å². The maximum absolute atomic E-state index is 13.2. The molecule has 0 radical (unpaired) electrons. The van der Waals surface area contributed by atoms with Crippen LogP contribution in [0, 0.1) is 0 Å². The van der Waals surface area contributed by atoms with Gasteiger partial charge in [0.25, 0.3) is 0 Å². The van der Waals surface area contributed by atoms with E-state index in [1.807, 2.05) is 0 Å². The van der Waals surface area contributed by atoms with Gasteiger partial charge >= 0.3 is 27.5 Å². The summed E-state index contributed by atoms with van der Waals surface area (Å²) < 4.78 is 72.1. The highest BCUT2D eigenvalue weighted by Gasteiger charge is 2.53. The van der Waals surface area contributed by atoms with E-state index in [1.165, 1.54) is 0 Å². The fourth-order valence-electron chi connectivity index (χ4n) is 1.77. The highest BCUT2D eigenvalue weighted by molar-refractivity contribution is 7.86. The molecule has 1 N–H and O–H groups in total. The first kappa shape index (κ1) is 20.2. The number of amides is 4. The molecule has 0 bridgehead atoms. The Bertz CT molecular complexity index is 625. The lowest BCUT2D eigenvalue weighted by Gasteiger charge is -2.19. The van der Waals surface area contributed by atoms with Gasteiger partial charge < -0.3 is 4.74 Å². The highest BCUT2D eigenvalue weighted by Crippen LogP contribution is 2.27. The molecule has 0 spiro atoms. The molecule has 138 valence electrons. The van der Waals surface area contributed by atoms with Crippen LogP contribution >= 0.6 is 0 Å². The Labute approximate surface area is 135 Å². The average molecular weight is 376 g/mol. The SMILES string of the molecule is CCCC(=O)N1CCN(C(=O)OCC(F)C(F)(F)S(=O)(=O)O)C1=O. The van der Waals surface area contributed by atoms with E-state index in [0.29, 0.717) is 11.3 Å². The number of hydrogen-bond donors (Lipinski definition) is 1. The Morgan fingerprint density at radius 2 is 1.88 bits per heavy atom. The summed E-state index contributed by atoms with van der Waals surface area (Å²) >= 11 is 0. The van der Waals surface area contributed by atoms with Crippen molar-refractivity contribution in [3.8, 4) is 0 Å². The van der Waals surface area contributed by atoms with Crippen LogP contribution in [0.15, 0.2) is 0 Å². The molecule has 0 saturated carbocycles. The quantitative estimate of drug-likeness (QED) is 0.687. The average Bonchev–Trinajstić information content (AvgIpc) is 2.85. The van der Waals surface area contributed by atoms with Crippen molar-refractivity contribution in [2.75, 3.05) is 19.7 Å². The zero-order chi connectivity index (χ0) is 18.7. The summed E-state index contributed by atoms with van der Waals surface area (Å²) in [6.07, 6.45) is -4.53. The van der Waals surface area contributed by atoms with Crippen LogP contribution in [-0.4, -0.2) is 71.9 Å². The maximum Gasteiger partial charge on any atom is 0.418 e. The number of nitrogens with zero attached hydrogens (tertiary/aromatic N) is 2. The largest absolute Gasteiger partial charge is 0.446 e. The van der Waals surface area contributed by atoms with E-state index in [9.17, 15) is 36.0 Å². The Morgan fingerprint density at radius 3 is 2.38 bits per heavy atom. The van der Waals surface area contributed by atoms with Crippen molar-refractivity contribution < 1.29 is 45.3 Å². The third-order valence-corrected chi connectivity index (χ3v) is 4.00. The molecule has 13 heteroatoms. The van der Waals surface area contributed by atoms with Crippen molar-refractivity contribution >= 4 is 28.1 Å². The summed E-state index contributed by atoms with van der Waals surface area (Å²) in [5, 5.41) is -5.18. The van der Waals surface area contributed by atoms with Gasteiger partial charge in [0.1, 0.15) is 6.61 Å². The molecule has 0 aromatic carbocycles. The lowest BCUT2D eigenvalue weighted by atomic mass is 10.3. The second kappa shape index (κ2) is 7.34. The molecular formula is C11H15F3N2O7S. The van der Waals surface area contributed by atoms with Crippen molar-refractivity contribution in [1.82, 2.24) is 9.80 Å². The van der Waals surface area contributed by atoms with Crippen LogP contribution in [0.25, 0.3) is 0 Å². The monoisotopic (exact) mass is 376 g/mol. The van der Waals surface area contributed by atoms with E-state index < -0.39 is 46.2 Å². The fourth-order valence-corrected chi connectivity index (χ4v) is 2.16. The minimum Gasteiger partial charge on any atom is -0.446 e. The third-order valence-electron chi connectivity index (χ3n) is 3.06. The molecule has 1 heterocycles. The van der Waals surface area contributed by atoms with Crippen LogP contribution in [0.2, 0.25) is 0 Å². The summed E-state index contributed by atoms with van der Waals surface area (Å²) in [4.78, 5) is 36.2. The molecule has 1 atom stereocenters.